The summed E-state index contributed by atoms with van der Waals surface area (Å²) in [5.74, 6) is -0.343. The molecule has 0 amide bonds. The monoisotopic (exact) mass is 243 g/mol. The maximum atomic E-state index is 9.74. The molecular weight excluding hydrogens is 239 g/mol. The van der Waals surface area contributed by atoms with Crippen molar-refractivity contribution in [3.05, 3.63) is 41.2 Å². The Balaban J connectivity index is 0.000000246. The van der Waals surface area contributed by atoms with E-state index in [-0.39, 0.29) is 25.4 Å². The summed E-state index contributed by atoms with van der Waals surface area (Å²) >= 11 is 0. The zero-order valence-electron chi connectivity index (χ0n) is 7.15. The van der Waals surface area contributed by atoms with E-state index in [0.717, 1.165) is 0 Å². The first-order valence-corrected chi connectivity index (χ1v) is 3.25. The number of hydrogen-bond acceptors (Lipinski definition) is 4. The van der Waals surface area contributed by atoms with Crippen molar-refractivity contribution in [1.29, 1.82) is 0 Å². The SMILES string of the molecule is O=[N+]([O-])c1ncc[n-]1.[Zn+2].c1c[n-]cn1. The Kier molecular flexibility index (Phi) is 6.14. The first kappa shape index (κ1) is 12.4. The van der Waals surface area contributed by atoms with Gasteiger partial charge in [-0.15, -0.1) is 0 Å². The van der Waals surface area contributed by atoms with Crippen molar-refractivity contribution < 1.29 is 24.4 Å². The summed E-state index contributed by atoms with van der Waals surface area (Å²) in [6.07, 6.45) is 7.33. The normalized spacial score (nSPS) is 8.00. The zero-order valence-corrected chi connectivity index (χ0v) is 10.1. The Bertz CT molecular complexity index is 316. The predicted molar refractivity (Wildman–Crippen MR) is 41.8 cm³/mol. The number of imidazole rings is 2. The van der Waals surface area contributed by atoms with E-state index in [1.54, 1.807) is 12.4 Å². The first-order chi connectivity index (χ1) is 6.30. The van der Waals surface area contributed by atoms with Gasteiger partial charge in [0, 0.05) is 12.4 Å². The van der Waals surface area contributed by atoms with Crippen LogP contribution in [0.4, 0.5) is 5.95 Å². The van der Waals surface area contributed by atoms with Gasteiger partial charge in [-0.1, -0.05) is 18.7 Å². The number of hydrogen-bond donors (Lipinski definition) is 0. The number of aromatic nitrogens is 4. The third-order valence-electron chi connectivity index (χ3n) is 0.982. The fraction of sp³-hybridized carbons (Fsp3) is 0. The molecule has 0 aliphatic rings. The molecule has 7 nitrogen and oxygen atoms in total. The van der Waals surface area contributed by atoms with Crippen LogP contribution in [-0.4, -0.2) is 14.9 Å². The van der Waals surface area contributed by atoms with Gasteiger partial charge < -0.3 is 20.1 Å². The Morgan fingerprint density at radius 3 is 2.36 bits per heavy atom. The molecule has 0 aromatic carbocycles. The van der Waals surface area contributed by atoms with Crippen molar-refractivity contribution in [1.82, 2.24) is 19.9 Å². The molecule has 0 aliphatic heterocycles. The smallest absolute Gasteiger partial charge is 0.458 e. The molecule has 0 fully saturated rings. The van der Waals surface area contributed by atoms with Gasteiger partial charge in [-0.3, -0.25) is 0 Å². The molecule has 14 heavy (non-hydrogen) atoms. The van der Waals surface area contributed by atoms with E-state index < -0.39 is 4.92 Å². The van der Waals surface area contributed by atoms with Crippen molar-refractivity contribution >= 4 is 5.95 Å². The second kappa shape index (κ2) is 6.91. The van der Waals surface area contributed by atoms with Crippen molar-refractivity contribution in [2.45, 2.75) is 0 Å². The van der Waals surface area contributed by atoms with Gasteiger partial charge in [0.05, 0.1) is 0 Å². The van der Waals surface area contributed by atoms with Crippen LogP contribution in [0.3, 0.4) is 0 Å². The first-order valence-electron chi connectivity index (χ1n) is 3.25. The van der Waals surface area contributed by atoms with E-state index in [0.29, 0.717) is 0 Å². The standard InChI is InChI=1S/C3H2N3O2.C3H3N2.Zn/c7-6(8)3-4-1-2-5-3;1-2-5-3-4-1;/h1-2H;1-3H;/q2*-1;+2. The summed E-state index contributed by atoms with van der Waals surface area (Å²) < 4.78 is 0. The minimum absolute atomic E-state index is 0. The molecule has 0 radical (unpaired) electrons. The molecule has 0 unspecified atom stereocenters. The van der Waals surface area contributed by atoms with E-state index in [2.05, 4.69) is 19.9 Å². The molecule has 2 heterocycles. The quantitative estimate of drug-likeness (QED) is 0.397. The molecule has 2 aromatic heterocycles. The predicted octanol–water partition coefficient (Wildman–Crippen LogP) is -0.0167. The van der Waals surface area contributed by atoms with Crippen molar-refractivity contribution in [3.63, 3.8) is 0 Å². The van der Waals surface area contributed by atoms with E-state index >= 15 is 0 Å². The summed E-state index contributed by atoms with van der Waals surface area (Å²) in [5.41, 5.74) is 0. The molecule has 2 aromatic rings. The summed E-state index contributed by atoms with van der Waals surface area (Å²) in [5, 5.41) is 9.74. The van der Waals surface area contributed by atoms with Crippen LogP contribution in [0.1, 0.15) is 0 Å². The number of nitro groups is 1. The van der Waals surface area contributed by atoms with E-state index in [4.69, 9.17) is 0 Å². The van der Waals surface area contributed by atoms with E-state index in [9.17, 15) is 10.1 Å². The van der Waals surface area contributed by atoms with Crippen LogP contribution in [0.2, 0.25) is 0 Å². The second-order valence-corrected chi connectivity index (χ2v) is 1.83. The van der Waals surface area contributed by atoms with E-state index in [1.165, 1.54) is 18.7 Å². The van der Waals surface area contributed by atoms with Gasteiger partial charge in [-0.05, 0) is 0 Å². The minimum Gasteiger partial charge on any atom is -0.458 e. The molecule has 0 saturated carbocycles. The molecule has 0 spiro atoms. The Hall–Kier alpha value is -1.56. The maximum Gasteiger partial charge on any atom is 2.00 e. The van der Waals surface area contributed by atoms with E-state index in [1.807, 2.05) is 0 Å². The largest absolute Gasteiger partial charge is 2.00 e. The van der Waals surface area contributed by atoms with Crippen LogP contribution in [0.15, 0.2) is 31.1 Å². The van der Waals surface area contributed by atoms with Crippen LogP contribution >= 0.6 is 0 Å². The molecule has 68 valence electrons. The van der Waals surface area contributed by atoms with Gasteiger partial charge in [0.2, 0.25) is 0 Å². The molecule has 2 rings (SSSR count). The molecule has 0 saturated heterocycles. The molecule has 0 N–H and O–H groups in total. The average Bonchev–Trinajstić information content (AvgIpc) is 2.82. The van der Waals surface area contributed by atoms with Gasteiger partial charge in [-0.25, -0.2) is 9.97 Å². The fourth-order valence-corrected chi connectivity index (χ4v) is 0.520. The fourth-order valence-electron chi connectivity index (χ4n) is 0.520. The van der Waals surface area contributed by atoms with Gasteiger partial charge in [0.25, 0.3) is 5.95 Å². The van der Waals surface area contributed by atoms with Crippen LogP contribution in [0.5, 0.6) is 0 Å². The maximum absolute atomic E-state index is 9.74. The van der Waals surface area contributed by atoms with Gasteiger partial charge >= 0.3 is 19.5 Å². The Morgan fingerprint density at radius 1 is 1.36 bits per heavy atom. The molecule has 0 bridgehead atoms. The summed E-state index contributed by atoms with van der Waals surface area (Å²) in [4.78, 5) is 22.9. The third kappa shape index (κ3) is 4.46. The van der Waals surface area contributed by atoms with Gasteiger partial charge in [-0.2, -0.15) is 4.92 Å². The van der Waals surface area contributed by atoms with Crippen LogP contribution in [0.25, 0.3) is 0 Å². The van der Waals surface area contributed by atoms with Gasteiger partial charge in [0.15, 0.2) is 0 Å². The molecule has 0 aliphatic carbocycles. The molecule has 0 atom stereocenters. The Morgan fingerprint density at radius 2 is 2.14 bits per heavy atom. The molecular formula is C6H5N5O2Zn. The average molecular weight is 245 g/mol. The van der Waals surface area contributed by atoms with Crippen molar-refractivity contribution in [2.24, 2.45) is 0 Å². The van der Waals surface area contributed by atoms with Crippen LogP contribution < -0.4 is 9.97 Å². The zero-order chi connectivity index (χ0) is 9.52. The minimum atomic E-state index is -0.639. The van der Waals surface area contributed by atoms with Crippen molar-refractivity contribution in [2.75, 3.05) is 0 Å². The Labute approximate surface area is 91.9 Å². The number of nitrogens with zero attached hydrogens (tertiary/aromatic N) is 5. The van der Waals surface area contributed by atoms with Crippen LogP contribution in [-0.2, 0) is 19.5 Å². The second-order valence-electron chi connectivity index (χ2n) is 1.83. The van der Waals surface area contributed by atoms with Crippen molar-refractivity contribution in [3.8, 4) is 0 Å². The summed E-state index contributed by atoms with van der Waals surface area (Å²) in [6, 6.07) is 0. The van der Waals surface area contributed by atoms with Gasteiger partial charge in [0.1, 0.15) is 0 Å². The molecule has 8 heteroatoms. The van der Waals surface area contributed by atoms with Crippen LogP contribution in [0, 0.1) is 10.1 Å². The third-order valence-corrected chi connectivity index (χ3v) is 0.982. The topological polar surface area (TPSA) is 97.1 Å². The summed E-state index contributed by atoms with van der Waals surface area (Å²) in [6.45, 7) is 0. The summed E-state index contributed by atoms with van der Waals surface area (Å²) in [7, 11) is 0. The number of rotatable bonds is 1.